The molecule has 3 atom stereocenters. The Morgan fingerprint density at radius 1 is 1.62 bits per heavy atom. The molecule has 3 N–H and O–H groups in total. The van der Waals surface area contributed by atoms with E-state index < -0.39 is 21.6 Å². The standard InChI is InChI=1S/C9H14N2O3S2/c1-8(2)4(5(12)13)11-6(14)9(10,15-3)7(11)16-8/h4,7H,10H2,1-3H3,(H,12,13)/t4-,7+,9?/m0/s1. The van der Waals surface area contributed by atoms with Gasteiger partial charge in [-0.25, -0.2) is 4.79 Å². The fraction of sp³-hybridized carbons (Fsp3) is 0.778. The molecular weight excluding hydrogens is 248 g/mol. The van der Waals surface area contributed by atoms with Gasteiger partial charge < -0.3 is 15.7 Å². The third kappa shape index (κ3) is 1.25. The molecule has 0 aromatic heterocycles. The number of fused-ring (bicyclic) bond motifs is 1. The molecule has 2 fully saturated rings. The number of nitrogens with two attached hydrogens (primary N) is 1. The molecule has 2 aliphatic rings. The van der Waals surface area contributed by atoms with Gasteiger partial charge in [-0.2, -0.15) is 0 Å². The molecule has 7 heteroatoms. The van der Waals surface area contributed by atoms with Crippen LogP contribution in [-0.4, -0.2) is 49.2 Å². The van der Waals surface area contributed by atoms with Crippen molar-refractivity contribution in [3.63, 3.8) is 0 Å². The van der Waals surface area contributed by atoms with Crippen LogP contribution in [0.5, 0.6) is 0 Å². The molecule has 1 unspecified atom stereocenters. The summed E-state index contributed by atoms with van der Waals surface area (Å²) in [4.78, 5) is 23.6. The first-order valence-electron chi connectivity index (χ1n) is 4.83. The molecule has 5 nitrogen and oxygen atoms in total. The van der Waals surface area contributed by atoms with Gasteiger partial charge in [-0.05, 0) is 20.1 Å². The number of amides is 1. The Balaban J connectivity index is 2.35. The van der Waals surface area contributed by atoms with Crippen LogP contribution in [0.1, 0.15) is 13.8 Å². The van der Waals surface area contributed by atoms with Crippen LogP contribution >= 0.6 is 23.5 Å². The van der Waals surface area contributed by atoms with Crippen molar-refractivity contribution < 1.29 is 14.7 Å². The molecule has 0 radical (unpaired) electrons. The number of carboxylic acids is 1. The van der Waals surface area contributed by atoms with Crippen molar-refractivity contribution in [3.8, 4) is 0 Å². The van der Waals surface area contributed by atoms with E-state index >= 15 is 0 Å². The van der Waals surface area contributed by atoms with E-state index in [1.807, 2.05) is 13.8 Å². The number of carbonyl (C=O) groups is 2. The van der Waals surface area contributed by atoms with Crippen molar-refractivity contribution >= 4 is 35.4 Å². The zero-order valence-electron chi connectivity index (χ0n) is 9.26. The van der Waals surface area contributed by atoms with Crippen LogP contribution in [0.2, 0.25) is 0 Å². The van der Waals surface area contributed by atoms with Crippen molar-refractivity contribution in [2.75, 3.05) is 6.26 Å². The van der Waals surface area contributed by atoms with Crippen LogP contribution in [0.4, 0.5) is 0 Å². The second kappa shape index (κ2) is 3.30. The van der Waals surface area contributed by atoms with E-state index in [4.69, 9.17) is 5.73 Å². The number of β-lactam (4-membered cyclic amide) rings is 1. The molecule has 2 heterocycles. The van der Waals surface area contributed by atoms with Crippen LogP contribution in [0.25, 0.3) is 0 Å². The Hall–Kier alpha value is -0.400. The molecule has 2 aliphatic heterocycles. The molecule has 2 saturated heterocycles. The molecule has 0 saturated carbocycles. The third-order valence-electron chi connectivity index (χ3n) is 3.11. The number of thioether (sulfide) groups is 2. The molecule has 16 heavy (non-hydrogen) atoms. The van der Waals surface area contributed by atoms with Crippen LogP contribution in [0.3, 0.4) is 0 Å². The normalized spacial score (nSPS) is 40.5. The summed E-state index contributed by atoms with van der Waals surface area (Å²) in [6.45, 7) is 3.67. The number of rotatable bonds is 2. The Morgan fingerprint density at radius 3 is 2.62 bits per heavy atom. The van der Waals surface area contributed by atoms with Gasteiger partial charge in [0, 0.05) is 4.75 Å². The smallest absolute Gasteiger partial charge is 0.327 e. The van der Waals surface area contributed by atoms with Crippen LogP contribution in [0, 0.1) is 0 Å². The molecule has 90 valence electrons. The first-order chi connectivity index (χ1) is 7.25. The Bertz CT molecular complexity index is 374. The minimum Gasteiger partial charge on any atom is -0.480 e. The highest BCUT2D eigenvalue weighted by molar-refractivity contribution is 8.05. The average molecular weight is 262 g/mol. The van der Waals surface area contributed by atoms with E-state index in [0.717, 1.165) is 0 Å². The molecule has 0 bridgehead atoms. The Labute approximate surface area is 102 Å². The summed E-state index contributed by atoms with van der Waals surface area (Å²) in [5.74, 6) is -1.23. The number of aliphatic carboxylic acids is 1. The van der Waals surface area contributed by atoms with Crippen molar-refractivity contribution in [2.24, 2.45) is 5.73 Å². The third-order valence-corrected chi connectivity index (χ3v) is 5.99. The summed E-state index contributed by atoms with van der Waals surface area (Å²) >= 11 is 2.75. The van der Waals surface area contributed by atoms with Gasteiger partial charge in [-0.15, -0.1) is 23.5 Å². The van der Waals surface area contributed by atoms with E-state index in [1.165, 1.54) is 28.4 Å². The monoisotopic (exact) mass is 262 g/mol. The fourth-order valence-electron chi connectivity index (χ4n) is 2.24. The highest BCUT2D eigenvalue weighted by Gasteiger charge is 2.69. The molecule has 1 amide bonds. The van der Waals surface area contributed by atoms with Gasteiger partial charge in [-0.3, -0.25) is 4.79 Å². The Morgan fingerprint density at radius 2 is 2.19 bits per heavy atom. The van der Waals surface area contributed by atoms with Crippen LogP contribution in [-0.2, 0) is 9.59 Å². The topological polar surface area (TPSA) is 83.6 Å². The first kappa shape index (κ1) is 12.1. The molecule has 0 aromatic rings. The number of nitrogens with zero attached hydrogens (tertiary/aromatic N) is 1. The molecular formula is C9H14N2O3S2. The molecule has 0 aliphatic carbocycles. The lowest BCUT2D eigenvalue weighted by Crippen LogP contribution is -2.75. The van der Waals surface area contributed by atoms with Crippen LogP contribution < -0.4 is 5.73 Å². The number of hydrogen-bond donors (Lipinski definition) is 2. The number of hydrogen-bond acceptors (Lipinski definition) is 5. The second-order valence-corrected chi connectivity index (χ2v) is 7.34. The van der Waals surface area contributed by atoms with Gasteiger partial charge >= 0.3 is 5.97 Å². The second-order valence-electron chi connectivity index (χ2n) is 4.52. The molecule has 0 spiro atoms. The van der Waals surface area contributed by atoms with Gasteiger partial charge in [0.05, 0.1) is 0 Å². The van der Waals surface area contributed by atoms with E-state index in [-0.39, 0.29) is 11.3 Å². The summed E-state index contributed by atoms with van der Waals surface area (Å²) < 4.78 is -0.497. The van der Waals surface area contributed by atoms with E-state index in [1.54, 1.807) is 6.26 Å². The SMILES string of the molecule is CSC1(N)C(=O)N2[C@@H](C(=O)O)C(C)(C)S[C@@H]21. The van der Waals surface area contributed by atoms with Gasteiger partial charge in [0.2, 0.25) is 0 Å². The first-order valence-corrected chi connectivity index (χ1v) is 6.93. The van der Waals surface area contributed by atoms with Gasteiger partial charge in [-0.1, -0.05) is 0 Å². The molecule has 0 aromatic carbocycles. The quantitative estimate of drug-likeness (QED) is 0.544. The zero-order chi connectivity index (χ0) is 12.3. The van der Waals surface area contributed by atoms with Gasteiger partial charge in [0.1, 0.15) is 11.4 Å². The predicted octanol–water partition coefficient (Wildman–Crippen LogP) is 0.151. The summed E-state index contributed by atoms with van der Waals surface area (Å²) in [7, 11) is 0. The van der Waals surface area contributed by atoms with Crippen molar-refractivity contribution in [1.82, 2.24) is 4.90 Å². The molecule has 2 rings (SSSR count). The minimum absolute atomic E-state index is 0.230. The maximum atomic E-state index is 11.9. The van der Waals surface area contributed by atoms with Crippen molar-refractivity contribution in [3.05, 3.63) is 0 Å². The van der Waals surface area contributed by atoms with E-state index in [0.29, 0.717) is 0 Å². The van der Waals surface area contributed by atoms with Crippen molar-refractivity contribution in [2.45, 2.75) is 34.9 Å². The van der Waals surface area contributed by atoms with Crippen LogP contribution in [0.15, 0.2) is 0 Å². The van der Waals surface area contributed by atoms with Gasteiger partial charge in [0.25, 0.3) is 5.91 Å². The maximum Gasteiger partial charge on any atom is 0.327 e. The zero-order valence-corrected chi connectivity index (χ0v) is 10.9. The van der Waals surface area contributed by atoms with Gasteiger partial charge in [0.15, 0.2) is 4.87 Å². The lowest BCUT2D eigenvalue weighted by atomic mass is 9.96. The summed E-state index contributed by atoms with van der Waals surface area (Å²) in [6.07, 6.45) is 1.77. The summed E-state index contributed by atoms with van der Waals surface area (Å²) in [5, 5.41) is 8.95. The number of carbonyl (C=O) groups excluding carboxylic acids is 1. The summed E-state index contributed by atoms with van der Waals surface area (Å²) in [6, 6.07) is -0.779. The van der Waals surface area contributed by atoms with E-state index in [2.05, 4.69) is 0 Å². The fourth-order valence-corrected chi connectivity index (χ4v) is 4.80. The summed E-state index contributed by atoms with van der Waals surface area (Å²) in [5.41, 5.74) is 5.97. The minimum atomic E-state index is -0.962. The van der Waals surface area contributed by atoms with E-state index in [9.17, 15) is 14.7 Å². The number of carboxylic acid groups (broad SMARTS) is 1. The maximum absolute atomic E-state index is 11.9. The lowest BCUT2D eigenvalue weighted by molar-refractivity contribution is -0.160. The largest absolute Gasteiger partial charge is 0.480 e. The average Bonchev–Trinajstić information content (AvgIpc) is 2.46. The predicted molar refractivity (Wildman–Crippen MR) is 64.2 cm³/mol. The van der Waals surface area contributed by atoms with Crippen molar-refractivity contribution in [1.29, 1.82) is 0 Å². The highest BCUT2D eigenvalue weighted by Crippen LogP contribution is 2.56. The Kier molecular flexibility index (Phi) is 2.49. The highest BCUT2D eigenvalue weighted by atomic mass is 32.2. The lowest BCUT2D eigenvalue weighted by Gasteiger charge is -2.49.